The van der Waals surface area contributed by atoms with Gasteiger partial charge >= 0.3 is 0 Å². The first kappa shape index (κ1) is 20.2. The van der Waals surface area contributed by atoms with Crippen molar-refractivity contribution in [2.24, 2.45) is 0 Å². The summed E-state index contributed by atoms with van der Waals surface area (Å²) in [6.07, 6.45) is 2.97. The minimum absolute atomic E-state index is 0.988. The Bertz CT molecular complexity index is 940. The fourth-order valence-electron chi connectivity index (χ4n) is 4.59. The molecule has 0 aliphatic rings. The third-order valence-corrected chi connectivity index (χ3v) is 6.39. The topological polar surface area (TPSA) is 0 Å². The smallest absolute Gasteiger partial charge is 0.00203 e. The molecule has 0 atom stereocenters. The second kappa shape index (κ2) is 9.13. The highest BCUT2D eigenvalue weighted by atomic mass is 14.2. The minimum atomic E-state index is 0.988. The summed E-state index contributed by atoms with van der Waals surface area (Å²) in [5.41, 5.74) is 13.0. The van der Waals surface area contributed by atoms with Gasteiger partial charge in [-0.05, 0) is 90.1 Å². The van der Waals surface area contributed by atoms with E-state index in [1.165, 1.54) is 50.1 Å². The normalized spacial score (nSPS) is 10.9. The summed E-state index contributed by atoms with van der Waals surface area (Å²) in [5, 5.41) is 0. The molecule has 4 aromatic carbocycles. The highest BCUT2D eigenvalue weighted by Gasteiger charge is 2.18. The predicted octanol–water partition coefficient (Wildman–Crippen LogP) is 7.38. The van der Waals surface area contributed by atoms with Crippen LogP contribution in [0.4, 0.5) is 0 Å². The predicted molar refractivity (Wildman–Crippen MR) is 128 cm³/mol. The average Bonchev–Trinajstić information content (AvgIpc) is 2.79. The summed E-state index contributed by atoms with van der Waals surface area (Å²) in [4.78, 5) is 0. The lowest BCUT2D eigenvalue weighted by molar-refractivity contribution is 0.998. The molecule has 0 amide bonds. The second-order valence-electron chi connectivity index (χ2n) is 8.30. The molecule has 150 valence electrons. The van der Waals surface area contributed by atoms with Crippen molar-refractivity contribution < 1.29 is 0 Å². The quantitative estimate of drug-likeness (QED) is 0.322. The van der Waals surface area contributed by atoms with E-state index in [9.17, 15) is 0 Å². The fraction of sp³-hybridized carbons (Fsp3) is 0.200. The van der Waals surface area contributed by atoms with Gasteiger partial charge in [0.25, 0.3) is 0 Å². The van der Waals surface area contributed by atoms with Gasteiger partial charge in [0.2, 0.25) is 0 Å². The Kier molecular flexibility index (Phi) is 6.14. The maximum Gasteiger partial charge on any atom is -0.00203 e. The van der Waals surface area contributed by atoms with Gasteiger partial charge in [0.05, 0.1) is 0 Å². The van der Waals surface area contributed by atoms with E-state index in [2.05, 4.69) is 112 Å². The van der Waals surface area contributed by atoms with Crippen LogP contribution in [0.25, 0.3) is 0 Å². The van der Waals surface area contributed by atoms with Crippen LogP contribution in [-0.2, 0) is 19.3 Å². The Labute approximate surface area is 181 Å². The van der Waals surface area contributed by atoms with Crippen molar-refractivity contribution in [1.29, 1.82) is 0 Å². The summed E-state index contributed by atoms with van der Waals surface area (Å²) < 4.78 is 0. The van der Waals surface area contributed by atoms with Crippen molar-refractivity contribution in [1.82, 2.24) is 0 Å². The molecule has 4 aromatic rings. The molecule has 0 nitrogen and oxygen atoms in total. The highest BCUT2D eigenvalue weighted by molar-refractivity contribution is 5.54. The Morgan fingerprint density at radius 3 is 0.833 bits per heavy atom. The Morgan fingerprint density at radius 1 is 0.367 bits per heavy atom. The van der Waals surface area contributed by atoms with Gasteiger partial charge in [-0.2, -0.15) is 0 Å². The third kappa shape index (κ3) is 4.39. The minimum Gasteiger partial charge on any atom is -0.0622 e. The molecule has 0 unspecified atom stereocenters. The molecule has 4 rings (SSSR count). The summed E-state index contributed by atoms with van der Waals surface area (Å²) in [6, 6.07) is 32.6. The van der Waals surface area contributed by atoms with E-state index in [4.69, 9.17) is 0 Å². The standard InChI is InChI=1S/C30H30/c1-22-28(19-25-13-7-4-8-14-25)23(2)30(21-27-17-11-6-12-18-27)24(3)29(22)20-26-15-9-5-10-16-26/h4-18H,19-21H2,1-3H3. The van der Waals surface area contributed by atoms with Crippen molar-refractivity contribution in [3.05, 3.63) is 141 Å². The molecular weight excluding hydrogens is 360 g/mol. The van der Waals surface area contributed by atoms with Crippen molar-refractivity contribution in [3.8, 4) is 0 Å². The van der Waals surface area contributed by atoms with Crippen LogP contribution in [0, 0.1) is 20.8 Å². The van der Waals surface area contributed by atoms with Crippen LogP contribution in [0.3, 0.4) is 0 Å². The van der Waals surface area contributed by atoms with Gasteiger partial charge < -0.3 is 0 Å². The van der Waals surface area contributed by atoms with Crippen LogP contribution in [0.1, 0.15) is 50.1 Å². The van der Waals surface area contributed by atoms with Crippen molar-refractivity contribution in [2.45, 2.75) is 40.0 Å². The van der Waals surface area contributed by atoms with E-state index in [1.807, 2.05) is 0 Å². The van der Waals surface area contributed by atoms with Crippen LogP contribution in [-0.4, -0.2) is 0 Å². The second-order valence-corrected chi connectivity index (χ2v) is 8.30. The maximum atomic E-state index is 2.32. The average molecular weight is 391 g/mol. The van der Waals surface area contributed by atoms with Crippen molar-refractivity contribution in [3.63, 3.8) is 0 Å². The number of hydrogen-bond donors (Lipinski definition) is 0. The number of hydrogen-bond acceptors (Lipinski definition) is 0. The van der Waals surface area contributed by atoms with Gasteiger partial charge in [0.15, 0.2) is 0 Å². The first-order chi connectivity index (χ1) is 14.6. The van der Waals surface area contributed by atoms with E-state index in [0.717, 1.165) is 19.3 Å². The molecule has 0 saturated carbocycles. The van der Waals surface area contributed by atoms with Gasteiger partial charge in [0.1, 0.15) is 0 Å². The number of rotatable bonds is 6. The lowest BCUT2D eigenvalue weighted by Gasteiger charge is -2.23. The van der Waals surface area contributed by atoms with Crippen LogP contribution in [0.2, 0.25) is 0 Å². The van der Waals surface area contributed by atoms with E-state index in [0.29, 0.717) is 0 Å². The van der Waals surface area contributed by atoms with Gasteiger partial charge in [-0.25, -0.2) is 0 Å². The molecular formula is C30H30. The maximum absolute atomic E-state index is 2.32. The van der Waals surface area contributed by atoms with Crippen LogP contribution in [0.5, 0.6) is 0 Å². The van der Waals surface area contributed by atoms with Crippen LogP contribution in [0.15, 0.2) is 91.0 Å². The Morgan fingerprint density at radius 2 is 0.600 bits per heavy atom. The molecule has 0 aliphatic heterocycles. The van der Waals surface area contributed by atoms with E-state index in [1.54, 1.807) is 0 Å². The first-order valence-electron chi connectivity index (χ1n) is 10.9. The highest BCUT2D eigenvalue weighted by Crippen LogP contribution is 2.32. The monoisotopic (exact) mass is 390 g/mol. The largest absolute Gasteiger partial charge is 0.0622 e. The Hall–Kier alpha value is -3.12. The molecule has 0 saturated heterocycles. The first-order valence-corrected chi connectivity index (χ1v) is 10.9. The molecule has 0 bridgehead atoms. The Balaban J connectivity index is 1.83. The van der Waals surface area contributed by atoms with Crippen molar-refractivity contribution >= 4 is 0 Å². The van der Waals surface area contributed by atoms with Gasteiger partial charge in [-0.3, -0.25) is 0 Å². The molecule has 0 radical (unpaired) electrons. The number of benzene rings is 4. The summed E-state index contributed by atoms with van der Waals surface area (Å²) in [7, 11) is 0. The summed E-state index contributed by atoms with van der Waals surface area (Å²) >= 11 is 0. The lowest BCUT2D eigenvalue weighted by atomic mass is 9.82. The van der Waals surface area contributed by atoms with Crippen molar-refractivity contribution in [2.75, 3.05) is 0 Å². The zero-order chi connectivity index (χ0) is 20.9. The molecule has 0 heteroatoms. The molecule has 0 aliphatic carbocycles. The molecule has 0 N–H and O–H groups in total. The van der Waals surface area contributed by atoms with Crippen LogP contribution < -0.4 is 0 Å². The van der Waals surface area contributed by atoms with Gasteiger partial charge in [-0.15, -0.1) is 0 Å². The van der Waals surface area contributed by atoms with Crippen LogP contribution >= 0.6 is 0 Å². The third-order valence-electron chi connectivity index (χ3n) is 6.39. The summed E-state index contributed by atoms with van der Waals surface area (Å²) in [6.45, 7) is 6.97. The molecule has 0 spiro atoms. The van der Waals surface area contributed by atoms with E-state index >= 15 is 0 Å². The molecule has 0 heterocycles. The molecule has 30 heavy (non-hydrogen) atoms. The van der Waals surface area contributed by atoms with E-state index < -0.39 is 0 Å². The zero-order valence-corrected chi connectivity index (χ0v) is 18.3. The van der Waals surface area contributed by atoms with Gasteiger partial charge in [0, 0.05) is 0 Å². The fourth-order valence-corrected chi connectivity index (χ4v) is 4.59. The van der Waals surface area contributed by atoms with E-state index in [-0.39, 0.29) is 0 Å². The van der Waals surface area contributed by atoms with Gasteiger partial charge in [-0.1, -0.05) is 91.0 Å². The molecule has 0 fully saturated rings. The SMILES string of the molecule is Cc1c(Cc2ccccc2)c(C)c(Cc2ccccc2)c(C)c1Cc1ccccc1. The zero-order valence-electron chi connectivity index (χ0n) is 18.3. The molecule has 0 aromatic heterocycles. The lowest BCUT2D eigenvalue weighted by Crippen LogP contribution is -2.09. The summed E-state index contributed by atoms with van der Waals surface area (Å²) in [5.74, 6) is 0.